The molecule has 0 aliphatic rings. The SMILES string of the molecule is Cc1nnc(-c2[c-]cccc2)n1C(C)(C)C.[Ir]. The standard InChI is InChI=1S/C13H16N3.Ir/c1-10-14-15-12(16(10)13(2,3)4)11-8-6-5-7-9-11;/h5-8H,1-4H3;/q-1;. The van der Waals surface area contributed by atoms with E-state index in [-0.39, 0.29) is 25.6 Å². The van der Waals surface area contributed by atoms with Crippen molar-refractivity contribution in [1.29, 1.82) is 0 Å². The van der Waals surface area contributed by atoms with E-state index in [2.05, 4.69) is 41.6 Å². The molecular weight excluding hydrogens is 390 g/mol. The molecule has 2 aromatic rings. The van der Waals surface area contributed by atoms with Gasteiger partial charge in [0, 0.05) is 25.6 Å². The van der Waals surface area contributed by atoms with Crippen molar-refractivity contribution in [3.8, 4) is 11.4 Å². The molecule has 1 radical (unpaired) electrons. The van der Waals surface area contributed by atoms with Crippen LogP contribution in [0.4, 0.5) is 0 Å². The van der Waals surface area contributed by atoms with Crippen LogP contribution in [0.5, 0.6) is 0 Å². The molecule has 1 heterocycles. The zero-order chi connectivity index (χ0) is 11.8. The molecule has 0 atom stereocenters. The van der Waals surface area contributed by atoms with E-state index in [1.807, 2.05) is 31.2 Å². The van der Waals surface area contributed by atoms with Gasteiger partial charge < -0.3 is 4.57 Å². The minimum absolute atomic E-state index is 0. The summed E-state index contributed by atoms with van der Waals surface area (Å²) >= 11 is 0. The van der Waals surface area contributed by atoms with Crippen molar-refractivity contribution in [1.82, 2.24) is 14.8 Å². The van der Waals surface area contributed by atoms with Gasteiger partial charge in [0.15, 0.2) is 0 Å². The Morgan fingerprint density at radius 3 is 2.41 bits per heavy atom. The molecule has 0 aliphatic heterocycles. The molecule has 0 aliphatic carbocycles. The van der Waals surface area contributed by atoms with Crippen LogP contribution in [-0.4, -0.2) is 14.8 Å². The monoisotopic (exact) mass is 407 g/mol. The molecule has 0 saturated carbocycles. The Morgan fingerprint density at radius 1 is 1.18 bits per heavy atom. The van der Waals surface area contributed by atoms with Gasteiger partial charge in [-0.2, -0.15) is 5.10 Å². The van der Waals surface area contributed by atoms with Crippen LogP contribution in [0.2, 0.25) is 0 Å². The van der Waals surface area contributed by atoms with Crippen LogP contribution in [0.1, 0.15) is 26.6 Å². The van der Waals surface area contributed by atoms with Crippen molar-refractivity contribution in [3.63, 3.8) is 0 Å². The van der Waals surface area contributed by atoms with Crippen molar-refractivity contribution in [2.75, 3.05) is 0 Å². The van der Waals surface area contributed by atoms with E-state index in [4.69, 9.17) is 0 Å². The van der Waals surface area contributed by atoms with E-state index in [1.165, 1.54) is 0 Å². The van der Waals surface area contributed by atoms with Gasteiger partial charge >= 0.3 is 0 Å². The van der Waals surface area contributed by atoms with Crippen LogP contribution >= 0.6 is 0 Å². The minimum Gasteiger partial charge on any atom is -0.347 e. The van der Waals surface area contributed by atoms with Gasteiger partial charge in [-0.3, -0.25) is 0 Å². The van der Waals surface area contributed by atoms with E-state index < -0.39 is 0 Å². The number of hydrogen-bond acceptors (Lipinski definition) is 2. The zero-order valence-corrected chi connectivity index (χ0v) is 12.9. The Balaban J connectivity index is 0.00000144. The molecule has 1 aromatic carbocycles. The Hall–Kier alpha value is -0.991. The first kappa shape index (κ1) is 14.1. The molecule has 0 unspecified atom stereocenters. The molecule has 4 heteroatoms. The first-order valence-electron chi connectivity index (χ1n) is 5.40. The average molecular weight is 407 g/mol. The van der Waals surface area contributed by atoms with Gasteiger partial charge in [-0.25, -0.2) is 0 Å². The van der Waals surface area contributed by atoms with Crippen molar-refractivity contribution >= 4 is 0 Å². The molecule has 3 nitrogen and oxygen atoms in total. The van der Waals surface area contributed by atoms with E-state index in [9.17, 15) is 0 Å². The van der Waals surface area contributed by atoms with Gasteiger partial charge in [-0.1, -0.05) is 0 Å². The number of aromatic nitrogens is 3. The number of aryl methyl sites for hydroxylation is 1. The van der Waals surface area contributed by atoms with Crippen molar-refractivity contribution in [3.05, 3.63) is 36.2 Å². The first-order valence-corrected chi connectivity index (χ1v) is 5.40. The fraction of sp³-hybridized carbons (Fsp3) is 0.385. The Bertz CT molecular complexity index is 483. The fourth-order valence-corrected chi connectivity index (χ4v) is 1.87. The number of nitrogens with zero attached hydrogens (tertiary/aromatic N) is 3. The molecule has 17 heavy (non-hydrogen) atoms. The van der Waals surface area contributed by atoms with Crippen molar-refractivity contribution in [2.24, 2.45) is 0 Å². The van der Waals surface area contributed by atoms with Gasteiger partial charge in [0.2, 0.25) is 0 Å². The van der Waals surface area contributed by atoms with E-state index in [1.54, 1.807) is 0 Å². The largest absolute Gasteiger partial charge is 0.347 e. The maximum absolute atomic E-state index is 4.23. The summed E-state index contributed by atoms with van der Waals surface area (Å²) in [6.45, 7) is 8.42. The fourth-order valence-electron chi connectivity index (χ4n) is 1.87. The third-order valence-corrected chi connectivity index (χ3v) is 2.45. The zero-order valence-electron chi connectivity index (χ0n) is 10.5. The minimum atomic E-state index is -0.0212. The van der Waals surface area contributed by atoms with Crippen LogP contribution in [0.3, 0.4) is 0 Å². The molecule has 0 N–H and O–H groups in total. The molecule has 0 amide bonds. The molecular formula is C13H16IrN3-. The predicted molar refractivity (Wildman–Crippen MR) is 64.0 cm³/mol. The van der Waals surface area contributed by atoms with Crippen LogP contribution in [0.25, 0.3) is 11.4 Å². The maximum Gasteiger partial charge on any atom is 0.121 e. The summed E-state index contributed by atoms with van der Waals surface area (Å²) < 4.78 is 2.14. The van der Waals surface area contributed by atoms with Gasteiger partial charge in [0.05, 0.1) is 5.82 Å². The second-order valence-electron chi connectivity index (χ2n) is 4.85. The third-order valence-electron chi connectivity index (χ3n) is 2.45. The molecule has 0 spiro atoms. The molecule has 0 saturated heterocycles. The molecule has 93 valence electrons. The maximum atomic E-state index is 4.23. The van der Waals surface area contributed by atoms with Gasteiger partial charge in [-0.15, -0.1) is 41.0 Å². The Morgan fingerprint density at radius 2 is 1.88 bits per heavy atom. The Kier molecular flexibility index (Phi) is 4.23. The molecule has 1 aromatic heterocycles. The van der Waals surface area contributed by atoms with E-state index in [0.29, 0.717) is 0 Å². The van der Waals surface area contributed by atoms with Crippen LogP contribution in [-0.2, 0) is 25.6 Å². The van der Waals surface area contributed by atoms with E-state index in [0.717, 1.165) is 17.2 Å². The van der Waals surface area contributed by atoms with Crippen molar-refractivity contribution < 1.29 is 20.1 Å². The quantitative estimate of drug-likeness (QED) is 0.682. The smallest absolute Gasteiger partial charge is 0.121 e. The normalized spacial score (nSPS) is 11.1. The summed E-state index contributed by atoms with van der Waals surface area (Å²) in [6.07, 6.45) is 0. The summed E-state index contributed by atoms with van der Waals surface area (Å²) in [5.41, 5.74) is 0.963. The van der Waals surface area contributed by atoms with Gasteiger partial charge in [0.1, 0.15) is 5.82 Å². The first-order chi connectivity index (χ1) is 7.50. The predicted octanol–water partition coefficient (Wildman–Crippen LogP) is 2.81. The summed E-state index contributed by atoms with van der Waals surface area (Å²) in [4.78, 5) is 0. The molecule has 0 bridgehead atoms. The number of rotatable bonds is 1. The number of benzene rings is 1. The van der Waals surface area contributed by atoms with Gasteiger partial charge in [-0.05, 0) is 27.7 Å². The summed E-state index contributed by atoms with van der Waals surface area (Å²) in [7, 11) is 0. The Labute approximate surface area is 116 Å². The topological polar surface area (TPSA) is 30.7 Å². The number of hydrogen-bond donors (Lipinski definition) is 0. The summed E-state index contributed by atoms with van der Waals surface area (Å²) in [5.74, 6) is 1.81. The van der Waals surface area contributed by atoms with Crippen LogP contribution in [0.15, 0.2) is 24.3 Å². The molecule has 2 rings (SSSR count). The van der Waals surface area contributed by atoms with Crippen LogP contribution in [0, 0.1) is 13.0 Å². The van der Waals surface area contributed by atoms with Crippen LogP contribution < -0.4 is 0 Å². The average Bonchev–Trinajstić information content (AvgIpc) is 2.61. The summed E-state index contributed by atoms with van der Waals surface area (Å²) in [6, 6.07) is 11.0. The molecule has 0 fully saturated rings. The summed E-state index contributed by atoms with van der Waals surface area (Å²) in [5, 5.41) is 8.39. The van der Waals surface area contributed by atoms with Gasteiger partial charge in [0.25, 0.3) is 0 Å². The second-order valence-corrected chi connectivity index (χ2v) is 4.85. The van der Waals surface area contributed by atoms with Crippen molar-refractivity contribution in [2.45, 2.75) is 33.2 Å². The third kappa shape index (κ3) is 2.82. The van der Waals surface area contributed by atoms with E-state index >= 15 is 0 Å². The second kappa shape index (κ2) is 5.11.